The fourth-order valence-corrected chi connectivity index (χ4v) is 3.70. The van der Waals surface area contributed by atoms with Gasteiger partial charge in [-0.15, -0.1) is 0 Å². The first-order valence-electron chi connectivity index (χ1n) is 10.4. The number of para-hydroxylation sites is 2. The molecule has 162 valence electrons. The maximum absolute atomic E-state index is 13.5. The van der Waals surface area contributed by atoms with Gasteiger partial charge in [0.15, 0.2) is 0 Å². The number of imidazole rings is 1. The van der Waals surface area contributed by atoms with Gasteiger partial charge in [-0.25, -0.2) is 14.4 Å². The van der Waals surface area contributed by atoms with Gasteiger partial charge in [0, 0.05) is 30.2 Å². The number of nitrogens with one attached hydrogen (secondary N) is 2. The first-order valence-corrected chi connectivity index (χ1v) is 10.4. The van der Waals surface area contributed by atoms with E-state index in [1.165, 1.54) is 12.1 Å². The van der Waals surface area contributed by atoms with E-state index < -0.39 is 0 Å². The number of rotatable bonds is 5. The molecule has 0 saturated carbocycles. The zero-order chi connectivity index (χ0) is 22.8. The van der Waals surface area contributed by atoms with Crippen molar-refractivity contribution in [1.29, 1.82) is 0 Å². The monoisotopic (exact) mass is 437 g/mol. The van der Waals surface area contributed by atoms with Crippen molar-refractivity contribution in [3.8, 4) is 11.4 Å². The van der Waals surface area contributed by atoms with Gasteiger partial charge in [-0.1, -0.05) is 18.2 Å². The Kier molecular flexibility index (Phi) is 5.28. The highest BCUT2D eigenvalue weighted by molar-refractivity contribution is 6.07. The number of halogens is 1. The molecule has 2 heterocycles. The average Bonchev–Trinajstić information content (AvgIpc) is 3.16. The van der Waals surface area contributed by atoms with Crippen molar-refractivity contribution in [2.45, 2.75) is 0 Å². The molecule has 5 aromatic rings. The van der Waals surface area contributed by atoms with Crippen LogP contribution >= 0.6 is 0 Å². The Labute approximate surface area is 189 Å². The molecular formula is C26H20FN5O. The van der Waals surface area contributed by atoms with E-state index in [1.54, 1.807) is 30.5 Å². The molecule has 2 N–H and O–H groups in total. The van der Waals surface area contributed by atoms with E-state index in [4.69, 9.17) is 4.98 Å². The second-order valence-corrected chi connectivity index (χ2v) is 7.55. The lowest BCUT2D eigenvalue weighted by Crippen LogP contribution is -2.14. The Hall–Kier alpha value is -4.52. The SMILES string of the molecule is Cn1c(-c2ccc(NC(=O)c3cccnc3Nc3cccc(F)c3)cc2)nc2ccccc21. The number of hydrogen-bond donors (Lipinski definition) is 2. The third kappa shape index (κ3) is 4.16. The maximum Gasteiger partial charge on any atom is 0.259 e. The normalized spacial score (nSPS) is 10.8. The van der Waals surface area contributed by atoms with Gasteiger partial charge in [0.25, 0.3) is 5.91 Å². The molecule has 0 unspecified atom stereocenters. The molecule has 33 heavy (non-hydrogen) atoms. The molecule has 0 atom stereocenters. The van der Waals surface area contributed by atoms with Crippen molar-refractivity contribution in [2.24, 2.45) is 7.05 Å². The first kappa shape index (κ1) is 20.4. The summed E-state index contributed by atoms with van der Waals surface area (Å²) in [5.74, 6) is 0.500. The summed E-state index contributed by atoms with van der Waals surface area (Å²) in [5, 5.41) is 5.90. The molecule has 1 amide bonds. The van der Waals surface area contributed by atoms with E-state index >= 15 is 0 Å². The van der Waals surface area contributed by atoms with Crippen LogP contribution in [-0.4, -0.2) is 20.4 Å². The van der Waals surface area contributed by atoms with Crippen LogP contribution in [0.4, 0.5) is 21.6 Å². The number of hydrogen-bond acceptors (Lipinski definition) is 4. The molecule has 0 spiro atoms. The minimum atomic E-state index is -0.373. The Bertz CT molecular complexity index is 1460. The third-order valence-corrected chi connectivity index (χ3v) is 5.33. The first-order chi connectivity index (χ1) is 16.1. The van der Waals surface area contributed by atoms with Crippen molar-refractivity contribution in [3.05, 3.63) is 103 Å². The Morgan fingerprint density at radius 1 is 0.909 bits per heavy atom. The number of fused-ring (bicyclic) bond motifs is 1. The lowest BCUT2D eigenvalue weighted by molar-refractivity contribution is 0.102. The van der Waals surface area contributed by atoms with Crippen LogP contribution < -0.4 is 10.6 Å². The van der Waals surface area contributed by atoms with Crippen molar-refractivity contribution in [3.63, 3.8) is 0 Å². The molecule has 0 radical (unpaired) electrons. The molecular weight excluding hydrogens is 417 g/mol. The second-order valence-electron chi connectivity index (χ2n) is 7.55. The van der Waals surface area contributed by atoms with E-state index in [-0.39, 0.29) is 11.7 Å². The summed E-state index contributed by atoms with van der Waals surface area (Å²) in [7, 11) is 1.98. The van der Waals surface area contributed by atoms with E-state index in [1.807, 2.05) is 60.1 Å². The van der Waals surface area contributed by atoms with Crippen molar-refractivity contribution < 1.29 is 9.18 Å². The summed E-state index contributed by atoms with van der Waals surface area (Å²) in [6, 6.07) is 24.8. The summed E-state index contributed by atoms with van der Waals surface area (Å²) < 4.78 is 15.6. The van der Waals surface area contributed by atoms with Gasteiger partial charge < -0.3 is 15.2 Å². The predicted octanol–water partition coefficient (Wildman–Crippen LogP) is 5.77. The van der Waals surface area contributed by atoms with Crippen LogP contribution in [-0.2, 0) is 7.05 Å². The number of benzene rings is 3. The molecule has 0 aliphatic rings. The second kappa shape index (κ2) is 8.55. The van der Waals surface area contributed by atoms with Gasteiger partial charge in [-0.3, -0.25) is 4.79 Å². The summed E-state index contributed by atoms with van der Waals surface area (Å²) in [4.78, 5) is 21.9. The van der Waals surface area contributed by atoms with Gasteiger partial charge in [0.2, 0.25) is 0 Å². The van der Waals surface area contributed by atoms with E-state index in [2.05, 4.69) is 15.6 Å². The zero-order valence-corrected chi connectivity index (χ0v) is 17.8. The number of nitrogens with zero attached hydrogens (tertiary/aromatic N) is 3. The van der Waals surface area contributed by atoms with Crippen LogP contribution in [0.5, 0.6) is 0 Å². The van der Waals surface area contributed by atoms with Crippen LogP contribution in [0.25, 0.3) is 22.4 Å². The maximum atomic E-state index is 13.5. The minimum Gasteiger partial charge on any atom is -0.339 e. The minimum absolute atomic E-state index is 0.322. The van der Waals surface area contributed by atoms with Crippen LogP contribution in [0.15, 0.2) is 91.1 Å². The van der Waals surface area contributed by atoms with Crippen molar-refractivity contribution >= 4 is 34.1 Å². The van der Waals surface area contributed by atoms with Gasteiger partial charge >= 0.3 is 0 Å². The number of aryl methyl sites for hydroxylation is 1. The molecule has 0 saturated heterocycles. The number of anilines is 3. The lowest BCUT2D eigenvalue weighted by atomic mass is 10.1. The summed E-state index contributed by atoms with van der Waals surface area (Å²) in [6.45, 7) is 0. The predicted molar refractivity (Wildman–Crippen MR) is 128 cm³/mol. The summed E-state index contributed by atoms with van der Waals surface area (Å²) in [5.41, 5.74) is 4.43. The molecule has 6 nitrogen and oxygen atoms in total. The number of carbonyl (C=O) groups is 1. The Morgan fingerprint density at radius 2 is 1.73 bits per heavy atom. The molecule has 3 aromatic carbocycles. The topological polar surface area (TPSA) is 71.8 Å². The highest BCUT2D eigenvalue weighted by atomic mass is 19.1. The van der Waals surface area contributed by atoms with E-state index in [0.717, 1.165) is 22.4 Å². The highest BCUT2D eigenvalue weighted by Crippen LogP contribution is 2.25. The number of carbonyl (C=O) groups excluding carboxylic acids is 1. The largest absolute Gasteiger partial charge is 0.339 e. The van der Waals surface area contributed by atoms with E-state index in [9.17, 15) is 9.18 Å². The average molecular weight is 437 g/mol. The number of aromatic nitrogens is 3. The smallest absolute Gasteiger partial charge is 0.259 e. The van der Waals surface area contributed by atoms with Crippen molar-refractivity contribution in [2.75, 3.05) is 10.6 Å². The van der Waals surface area contributed by atoms with Crippen LogP contribution in [0, 0.1) is 5.82 Å². The van der Waals surface area contributed by atoms with E-state index in [0.29, 0.717) is 22.8 Å². The van der Waals surface area contributed by atoms with Crippen LogP contribution in [0.3, 0.4) is 0 Å². The Morgan fingerprint density at radius 3 is 2.52 bits per heavy atom. The number of pyridine rings is 1. The lowest BCUT2D eigenvalue weighted by Gasteiger charge is -2.12. The molecule has 5 rings (SSSR count). The van der Waals surface area contributed by atoms with Crippen LogP contribution in [0.1, 0.15) is 10.4 Å². The zero-order valence-electron chi connectivity index (χ0n) is 17.8. The fourth-order valence-electron chi connectivity index (χ4n) is 3.70. The molecule has 2 aromatic heterocycles. The third-order valence-electron chi connectivity index (χ3n) is 5.33. The quantitative estimate of drug-likeness (QED) is 0.366. The number of amides is 1. The molecule has 0 aliphatic heterocycles. The standard InChI is InChI=1S/C26H20FN5O/c1-32-23-10-3-2-9-22(23)31-25(32)17-11-13-19(14-12-17)30-26(33)21-8-5-15-28-24(21)29-20-7-4-6-18(27)16-20/h2-16H,1H3,(H,28,29)(H,30,33). The Balaban J connectivity index is 1.36. The van der Waals surface area contributed by atoms with Gasteiger partial charge in [0.05, 0.1) is 16.6 Å². The molecule has 0 aliphatic carbocycles. The fraction of sp³-hybridized carbons (Fsp3) is 0.0385. The van der Waals surface area contributed by atoms with Gasteiger partial charge in [-0.2, -0.15) is 0 Å². The summed E-state index contributed by atoms with van der Waals surface area (Å²) in [6.07, 6.45) is 1.57. The highest BCUT2D eigenvalue weighted by Gasteiger charge is 2.14. The molecule has 0 bridgehead atoms. The van der Waals surface area contributed by atoms with Gasteiger partial charge in [-0.05, 0) is 66.7 Å². The molecule has 7 heteroatoms. The van der Waals surface area contributed by atoms with Crippen LogP contribution in [0.2, 0.25) is 0 Å². The molecule has 0 fully saturated rings. The summed E-state index contributed by atoms with van der Waals surface area (Å²) >= 11 is 0. The van der Waals surface area contributed by atoms with Crippen molar-refractivity contribution in [1.82, 2.24) is 14.5 Å². The van der Waals surface area contributed by atoms with Gasteiger partial charge in [0.1, 0.15) is 17.5 Å².